The van der Waals surface area contributed by atoms with Crippen molar-refractivity contribution in [1.29, 1.82) is 5.26 Å². The topological polar surface area (TPSA) is 81.3 Å². The van der Waals surface area contributed by atoms with Crippen LogP contribution in [0.25, 0.3) is 0 Å². The fourth-order valence-electron chi connectivity index (χ4n) is 1.06. The van der Waals surface area contributed by atoms with Gasteiger partial charge in [-0.1, -0.05) is 12.1 Å². The summed E-state index contributed by atoms with van der Waals surface area (Å²) >= 11 is 0. The SMILES string of the molecule is N#Cc1ccc([C@@H](O)CC(=O)O)cc1. The zero-order chi connectivity index (χ0) is 10.6. The molecule has 0 fully saturated rings. The number of nitriles is 1. The quantitative estimate of drug-likeness (QED) is 0.748. The van der Waals surface area contributed by atoms with Crippen LogP contribution < -0.4 is 0 Å². The van der Waals surface area contributed by atoms with Crippen LogP contribution in [0.15, 0.2) is 24.3 Å². The minimum Gasteiger partial charge on any atom is -0.481 e. The van der Waals surface area contributed by atoms with Gasteiger partial charge in [0.2, 0.25) is 0 Å². The van der Waals surface area contributed by atoms with Crippen molar-refractivity contribution in [3.05, 3.63) is 35.4 Å². The van der Waals surface area contributed by atoms with Gasteiger partial charge in [-0.15, -0.1) is 0 Å². The van der Waals surface area contributed by atoms with Crippen molar-refractivity contribution < 1.29 is 15.0 Å². The van der Waals surface area contributed by atoms with Gasteiger partial charge in [0.1, 0.15) is 0 Å². The molecule has 1 aromatic carbocycles. The average Bonchev–Trinajstić information content (AvgIpc) is 2.17. The molecule has 0 aliphatic rings. The van der Waals surface area contributed by atoms with Crippen LogP contribution in [0.2, 0.25) is 0 Å². The Bertz CT molecular complexity index is 364. The summed E-state index contributed by atoms with van der Waals surface area (Å²) in [4.78, 5) is 10.3. The van der Waals surface area contributed by atoms with E-state index in [0.29, 0.717) is 11.1 Å². The molecule has 0 aromatic heterocycles. The molecular weight excluding hydrogens is 182 g/mol. The second kappa shape index (κ2) is 4.40. The minimum atomic E-state index is -1.05. The lowest BCUT2D eigenvalue weighted by atomic mass is 10.1. The van der Waals surface area contributed by atoms with E-state index in [2.05, 4.69) is 0 Å². The Morgan fingerprint density at radius 1 is 1.43 bits per heavy atom. The second-order valence-corrected chi connectivity index (χ2v) is 2.85. The fraction of sp³-hybridized carbons (Fsp3) is 0.200. The summed E-state index contributed by atoms with van der Waals surface area (Å²) in [6.45, 7) is 0. The highest BCUT2D eigenvalue weighted by Gasteiger charge is 2.11. The predicted octanol–water partition coefficient (Wildman–Crippen LogP) is 1.07. The zero-order valence-corrected chi connectivity index (χ0v) is 7.34. The van der Waals surface area contributed by atoms with Gasteiger partial charge in [0.05, 0.1) is 24.2 Å². The molecule has 0 radical (unpaired) electrons. The van der Waals surface area contributed by atoms with Crippen LogP contribution in [0.1, 0.15) is 23.7 Å². The van der Waals surface area contributed by atoms with E-state index in [1.165, 1.54) is 0 Å². The summed E-state index contributed by atoms with van der Waals surface area (Å²) in [5.41, 5.74) is 0.989. The molecule has 2 N–H and O–H groups in total. The summed E-state index contributed by atoms with van der Waals surface area (Å²) < 4.78 is 0. The third kappa shape index (κ3) is 2.57. The summed E-state index contributed by atoms with van der Waals surface area (Å²) in [6.07, 6.45) is -1.34. The Labute approximate surface area is 81.0 Å². The molecule has 0 aliphatic carbocycles. The van der Waals surface area contributed by atoms with Gasteiger partial charge in [0.25, 0.3) is 0 Å². The van der Waals surface area contributed by atoms with Gasteiger partial charge in [0.15, 0.2) is 0 Å². The Hall–Kier alpha value is -1.86. The van der Waals surface area contributed by atoms with Crippen molar-refractivity contribution in [3.8, 4) is 6.07 Å². The van der Waals surface area contributed by atoms with Gasteiger partial charge >= 0.3 is 5.97 Å². The number of aliphatic hydroxyl groups is 1. The van der Waals surface area contributed by atoms with E-state index in [9.17, 15) is 9.90 Å². The summed E-state index contributed by atoms with van der Waals surface area (Å²) in [6, 6.07) is 8.12. The molecule has 14 heavy (non-hydrogen) atoms. The van der Waals surface area contributed by atoms with Gasteiger partial charge in [-0.05, 0) is 17.7 Å². The molecule has 0 heterocycles. The molecule has 0 aliphatic heterocycles. The maximum absolute atomic E-state index is 10.3. The molecule has 0 unspecified atom stereocenters. The van der Waals surface area contributed by atoms with Gasteiger partial charge in [-0.3, -0.25) is 4.79 Å². The number of carboxylic acid groups (broad SMARTS) is 1. The average molecular weight is 191 g/mol. The van der Waals surface area contributed by atoms with Crippen molar-refractivity contribution in [1.82, 2.24) is 0 Å². The third-order valence-electron chi connectivity index (χ3n) is 1.79. The monoisotopic (exact) mass is 191 g/mol. The van der Waals surface area contributed by atoms with E-state index in [0.717, 1.165) is 0 Å². The molecule has 1 aromatic rings. The van der Waals surface area contributed by atoms with E-state index in [-0.39, 0.29) is 6.42 Å². The summed E-state index contributed by atoms with van der Waals surface area (Å²) in [7, 11) is 0. The Kier molecular flexibility index (Phi) is 3.21. The third-order valence-corrected chi connectivity index (χ3v) is 1.79. The number of aliphatic hydroxyl groups excluding tert-OH is 1. The first-order valence-corrected chi connectivity index (χ1v) is 4.03. The van der Waals surface area contributed by atoms with Crippen LogP contribution in [0.5, 0.6) is 0 Å². The lowest BCUT2D eigenvalue weighted by Gasteiger charge is -2.07. The Balaban J connectivity index is 2.77. The number of nitrogens with zero attached hydrogens (tertiary/aromatic N) is 1. The van der Waals surface area contributed by atoms with E-state index in [1.807, 2.05) is 6.07 Å². The number of carboxylic acids is 1. The largest absolute Gasteiger partial charge is 0.481 e. The molecule has 0 bridgehead atoms. The van der Waals surface area contributed by atoms with E-state index < -0.39 is 12.1 Å². The van der Waals surface area contributed by atoms with Crippen LogP contribution in [-0.4, -0.2) is 16.2 Å². The molecule has 0 amide bonds. The van der Waals surface area contributed by atoms with Gasteiger partial charge in [-0.2, -0.15) is 5.26 Å². The number of carbonyl (C=O) groups is 1. The first kappa shape index (κ1) is 10.2. The van der Waals surface area contributed by atoms with E-state index in [1.54, 1.807) is 24.3 Å². The molecular formula is C10H9NO3. The van der Waals surface area contributed by atoms with Crippen molar-refractivity contribution in [2.75, 3.05) is 0 Å². The van der Waals surface area contributed by atoms with Crippen LogP contribution in [0.4, 0.5) is 0 Å². The predicted molar refractivity (Wildman–Crippen MR) is 48.4 cm³/mol. The lowest BCUT2D eigenvalue weighted by molar-refractivity contribution is -0.139. The first-order valence-electron chi connectivity index (χ1n) is 4.03. The van der Waals surface area contributed by atoms with Crippen molar-refractivity contribution >= 4 is 5.97 Å². The zero-order valence-electron chi connectivity index (χ0n) is 7.34. The first-order chi connectivity index (χ1) is 6.63. The van der Waals surface area contributed by atoms with Crippen molar-refractivity contribution in [2.45, 2.75) is 12.5 Å². The van der Waals surface area contributed by atoms with Gasteiger partial charge < -0.3 is 10.2 Å². The van der Waals surface area contributed by atoms with Gasteiger partial charge in [-0.25, -0.2) is 0 Å². The standard InChI is InChI=1S/C10H9NO3/c11-6-7-1-3-8(4-2-7)9(12)5-10(13)14/h1-4,9,12H,5H2,(H,13,14)/t9-/m0/s1. The summed E-state index contributed by atoms with van der Waals surface area (Å²) in [5, 5.41) is 26.3. The Morgan fingerprint density at radius 2 is 2.00 bits per heavy atom. The van der Waals surface area contributed by atoms with Crippen LogP contribution in [0.3, 0.4) is 0 Å². The highest BCUT2D eigenvalue weighted by atomic mass is 16.4. The number of rotatable bonds is 3. The van der Waals surface area contributed by atoms with E-state index >= 15 is 0 Å². The molecule has 1 atom stereocenters. The number of benzene rings is 1. The minimum absolute atomic E-state index is 0.327. The molecule has 72 valence electrons. The molecule has 0 saturated heterocycles. The molecule has 4 nitrogen and oxygen atoms in total. The molecule has 0 saturated carbocycles. The molecule has 4 heteroatoms. The molecule has 0 spiro atoms. The van der Waals surface area contributed by atoms with Gasteiger partial charge in [0, 0.05) is 0 Å². The fourth-order valence-corrected chi connectivity index (χ4v) is 1.06. The number of aliphatic carboxylic acids is 1. The maximum Gasteiger partial charge on any atom is 0.306 e. The smallest absolute Gasteiger partial charge is 0.306 e. The maximum atomic E-state index is 10.3. The van der Waals surface area contributed by atoms with Crippen LogP contribution in [-0.2, 0) is 4.79 Å². The normalized spacial score (nSPS) is 11.7. The van der Waals surface area contributed by atoms with E-state index in [4.69, 9.17) is 10.4 Å². The highest BCUT2D eigenvalue weighted by Crippen LogP contribution is 2.16. The molecule has 1 rings (SSSR count). The van der Waals surface area contributed by atoms with Crippen LogP contribution in [0, 0.1) is 11.3 Å². The van der Waals surface area contributed by atoms with Crippen LogP contribution >= 0.6 is 0 Å². The number of hydrogen-bond donors (Lipinski definition) is 2. The van der Waals surface area contributed by atoms with Crippen molar-refractivity contribution in [3.63, 3.8) is 0 Å². The second-order valence-electron chi connectivity index (χ2n) is 2.85. The van der Waals surface area contributed by atoms with Crippen molar-refractivity contribution in [2.24, 2.45) is 0 Å². The Morgan fingerprint density at radius 3 is 2.43 bits per heavy atom. The lowest BCUT2D eigenvalue weighted by Crippen LogP contribution is -2.05. The number of hydrogen-bond acceptors (Lipinski definition) is 3. The summed E-state index contributed by atoms with van der Waals surface area (Å²) in [5.74, 6) is -1.05. The highest BCUT2D eigenvalue weighted by molar-refractivity contribution is 5.67.